The number of piperidine rings is 1. The second kappa shape index (κ2) is 6.82. The number of nitrogens with one attached hydrogen (secondary N) is 1. The van der Waals surface area contributed by atoms with Crippen molar-refractivity contribution in [1.82, 2.24) is 25.0 Å². The van der Waals surface area contributed by atoms with Crippen molar-refractivity contribution < 1.29 is 9.32 Å². The van der Waals surface area contributed by atoms with Crippen molar-refractivity contribution in [2.45, 2.75) is 32.7 Å². The largest absolute Gasteiger partial charge is 0.338 e. The molecule has 1 N–H and O–H groups in total. The SMILES string of the molecule is Cc1noc([C@H](C)N2CCC(C(=O)Nc3ncccn3)CC2)n1. The average molecular weight is 316 g/mol. The first-order chi connectivity index (χ1) is 11.1. The van der Waals surface area contributed by atoms with E-state index in [2.05, 4.69) is 30.3 Å². The monoisotopic (exact) mass is 316 g/mol. The van der Waals surface area contributed by atoms with Crippen LogP contribution in [0.3, 0.4) is 0 Å². The molecule has 23 heavy (non-hydrogen) atoms. The van der Waals surface area contributed by atoms with Gasteiger partial charge in [0.05, 0.1) is 6.04 Å². The number of hydrogen-bond donors (Lipinski definition) is 1. The number of rotatable bonds is 4. The molecule has 1 aliphatic rings. The van der Waals surface area contributed by atoms with Gasteiger partial charge in [-0.2, -0.15) is 4.98 Å². The highest BCUT2D eigenvalue weighted by atomic mass is 16.5. The van der Waals surface area contributed by atoms with E-state index in [-0.39, 0.29) is 17.9 Å². The first kappa shape index (κ1) is 15.5. The van der Waals surface area contributed by atoms with Crippen molar-refractivity contribution >= 4 is 11.9 Å². The molecule has 1 atom stereocenters. The number of nitrogens with zero attached hydrogens (tertiary/aromatic N) is 5. The quantitative estimate of drug-likeness (QED) is 0.914. The van der Waals surface area contributed by atoms with Crippen molar-refractivity contribution in [3.05, 3.63) is 30.2 Å². The van der Waals surface area contributed by atoms with Gasteiger partial charge in [-0.05, 0) is 45.8 Å². The molecule has 1 amide bonds. The lowest BCUT2D eigenvalue weighted by atomic mass is 9.95. The molecule has 0 saturated carbocycles. The van der Waals surface area contributed by atoms with Gasteiger partial charge in [0.15, 0.2) is 5.82 Å². The molecule has 0 radical (unpaired) electrons. The summed E-state index contributed by atoms with van der Waals surface area (Å²) in [5, 5.41) is 6.60. The van der Waals surface area contributed by atoms with Gasteiger partial charge in [0.1, 0.15) is 0 Å². The van der Waals surface area contributed by atoms with Crippen molar-refractivity contribution in [1.29, 1.82) is 0 Å². The molecule has 1 aliphatic heterocycles. The predicted octanol–water partition coefficient (Wildman–Crippen LogP) is 1.58. The number of hydrogen-bond acceptors (Lipinski definition) is 7. The van der Waals surface area contributed by atoms with Crippen LogP contribution in [0.25, 0.3) is 0 Å². The Balaban J connectivity index is 1.53. The zero-order valence-corrected chi connectivity index (χ0v) is 13.3. The molecule has 8 nitrogen and oxygen atoms in total. The number of carbonyl (C=O) groups is 1. The average Bonchev–Trinajstić information content (AvgIpc) is 3.02. The molecule has 2 aromatic rings. The fourth-order valence-corrected chi connectivity index (χ4v) is 2.76. The van der Waals surface area contributed by atoms with Gasteiger partial charge in [0.2, 0.25) is 17.7 Å². The van der Waals surface area contributed by atoms with E-state index in [4.69, 9.17) is 4.52 Å². The zero-order chi connectivity index (χ0) is 16.2. The topological polar surface area (TPSA) is 97.0 Å². The Morgan fingerprint density at radius 1 is 1.35 bits per heavy atom. The fourth-order valence-electron chi connectivity index (χ4n) is 2.76. The second-order valence-electron chi connectivity index (χ2n) is 5.73. The van der Waals surface area contributed by atoms with Crippen LogP contribution < -0.4 is 5.32 Å². The lowest BCUT2D eigenvalue weighted by molar-refractivity contribution is -0.121. The Bertz CT molecular complexity index is 651. The van der Waals surface area contributed by atoms with E-state index in [0.717, 1.165) is 25.9 Å². The zero-order valence-electron chi connectivity index (χ0n) is 13.3. The predicted molar refractivity (Wildman–Crippen MR) is 82.4 cm³/mol. The van der Waals surface area contributed by atoms with Crippen molar-refractivity contribution in [3.63, 3.8) is 0 Å². The molecule has 3 rings (SSSR count). The van der Waals surface area contributed by atoms with Crippen LogP contribution >= 0.6 is 0 Å². The molecule has 0 unspecified atom stereocenters. The van der Waals surface area contributed by atoms with Crippen LogP contribution in [0.1, 0.15) is 37.5 Å². The molecule has 3 heterocycles. The molecule has 0 aromatic carbocycles. The molecule has 8 heteroatoms. The van der Waals surface area contributed by atoms with Gasteiger partial charge in [-0.3, -0.25) is 15.0 Å². The van der Waals surface area contributed by atoms with E-state index in [9.17, 15) is 4.79 Å². The van der Waals surface area contributed by atoms with Crippen LogP contribution in [0.4, 0.5) is 5.95 Å². The molecular weight excluding hydrogens is 296 g/mol. The Morgan fingerprint density at radius 2 is 2.04 bits per heavy atom. The third kappa shape index (κ3) is 3.70. The number of amides is 1. The highest BCUT2D eigenvalue weighted by Crippen LogP contribution is 2.26. The van der Waals surface area contributed by atoms with Crippen molar-refractivity contribution in [2.75, 3.05) is 18.4 Å². The number of carbonyl (C=O) groups excluding carboxylic acids is 1. The molecule has 1 fully saturated rings. The minimum absolute atomic E-state index is 0.0165. The van der Waals surface area contributed by atoms with Crippen LogP contribution in [-0.2, 0) is 4.79 Å². The molecular formula is C15H20N6O2. The summed E-state index contributed by atoms with van der Waals surface area (Å²) in [5.41, 5.74) is 0. The highest BCUT2D eigenvalue weighted by molar-refractivity contribution is 5.90. The number of likely N-dealkylation sites (tertiary alicyclic amines) is 1. The Morgan fingerprint density at radius 3 is 2.65 bits per heavy atom. The van der Waals surface area contributed by atoms with Gasteiger partial charge in [-0.15, -0.1) is 0 Å². The lowest BCUT2D eigenvalue weighted by Gasteiger charge is -2.33. The fraction of sp³-hybridized carbons (Fsp3) is 0.533. The van der Waals surface area contributed by atoms with E-state index in [0.29, 0.717) is 17.7 Å². The normalized spacial score (nSPS) is 17.8. The Labute approximate surface area is 134 Å². The third-order valence-corrected chi connectivity index (χ3v) is 4.15. The summed E-state index contributed by atoms with van der Waals surface area (Å²) < 4.78 is 5.23. The molecule has 0 spiro atoms. The third-order valence-electron chi connectivity index (χ3n) is 4.15. The number of aromatic nitrogens is 4. The van der Waals surface area contributed by atoms with Crippen LogP contribution in [0.15, 0.2) is 23.0 Å². The summed E-state index contributed by atoms with van der Waals surface area (Å²) in [4.78, 5) is 26.8. The maximum absolute atomic E-state index is 12.3. The summed E-state index contributed by atoms with van der Waals surface area (Å²) in [6, 6.07) is 1.78. The maximum Gasteiger partial charge on any atom is 0.243 e. The second-order valence-corrected chi connectivity index (χ2v) is 5.73. The van der Waals surface area contributed by atoms with Crippen LogP contribution in [0.5, 0.6) is 0 Å². The molecule has 122 valence electrons. The van der Waals surface area contributed by atoms with Gasteiger partial charge in [0.25, 0.3) is 0 Å². The molecule has 1 saturated heterocycles. The van der Waals surface area contributed by atoms with Crippen molar-refractivity contribution in [3.8, 4) is 0 Å². The smallest absolute Gasteiger partial charge is 0.243 e. The first-order valence-corrected chi connectivity index (χ1v) is 7.75. The molecule has 2 aromatic heterocycles. The summed E-state index contributed by atoms with van der Waals surface area (Å²) in [5.74, 6) is 1.59. The minimum Gasteiger partial charge on any atom is -0.338 e. The van der Waals surface area contributed by atoms with Gasteiger partial charge in [-0.1, -0.05) is 5.16 Å². The Hall–Kier alpha value is -2.35. The van der Waals surface area contributed by atoms with E-state index < -0.39 is 0 Å². The van der Waals surface area contributed by atoms with Crippen LogP contribution in [0, 0.1) is 12.8 Å². The standard InChI is InChI=1S/C15H20N6O2/c1-10(14-18-11(2)20-23-14)21-8-4-12(5-9-21)13(22)19-15-16-6-3-7-17-15/h3,6-7,10,12H,4-5,8-9H2,1-2H3,(H,16,17,19,22)/t10-/m0/s1. The summed E-state index contributed by atoms with van der Waals surface area (Å²) in [6.45, 7) is 5.49. The van der Waals surface area contributed by atoms with Crippen LogP contribution in [-0.4, -0.2) is 44.0 Å². The van der Waals surface area contributed by atoms with E-state index >= 15 is 0 Å². The molecule has 0 bridgehead atoms. The summed E-state index contributed by atoms with van der Waals surface area (Å²) >= 11 is 0. The van der Waals surface area contributed by atoms with E-state index in [1.165, 1.54) is 0 Å². The van der Waals surface area contributed by atoms with E-state index in [1.807, 2.05) is 13.8 Å². The lowest BCUT2D eigenvalue weighted by Crippen LogP contribution is -2.39. The highest BCUT2D eigenvalue weighted by Gasteiger charge is 2.29. The van der Waals surface area contributed by atoms with Gasteiger partial charge >= 0.3 is 0 Å². The minimum atomic E-state index is -0.0216. The summed E-state index contributed by atoms with van der Waals surface area (Å²) in [6.07, 6.45) is 4.80. The van der Waals surface area contributed by atoms with Gasteiger partial charge in [0, 0.05) is 18.3 Å². The van der Waals surface area contributed by atoms with Crippen molar-refractivity contribution in [2.24, 2.45) is 5.92 Å². The van der Waals surface area contributed by atoms with Gasteiger partial charge in [-0.25, -0.2) is 9.97 Å². The van der Waals surface area contributed by atoms with Crippen LogP contribution in [0.2, 0.25) is 0 Å². The summed E-state index contributed by atoms with van der Waals surface area (Å²) in [7, 11) is 0. The number of anilines is 1. The first-order valence-electron chi connectivity index (χ1n) is 7.75. The van der Waals surface area contributed by atoms with Gasteiger partial charge < -0.3 is 4.52 Å². The Kier molecular flexibility index (Phi) is 4.61. The molecule has 0 aliphatic carbocycles. The maximum atomic E-state index is 12.3. The number of aryl methyl sites for hydroxylation is 1. The van der Waals surface area contributed by atoms with E-state index in [1.54, 1.807) is 18.5 Å².